The summed E-state index contributed by atoms with van der Waals surface area (Å²) in [6.45, 7) is 2.96. The first-order valence-corrected chi connectivity index (χ1v) is 7.85. The first kappa shape index (κ1) is 17.9. The normalized spacial score (nSPS) is 11.3. The third-order valence-electron chi connectivity index (χ3n) is 3.22. The Morgan fingerprint density at radius 1 is 1.33 bits per heavy atom. The molecule has 0 bridgehead atoms. The van der Waals surface area contributed by atoms with E-state index in [-0.39, 0.29) is 11.7 Å². The number of amides is 1. The van der Waals surface area contributed by atoms with E-state index >= 15 is 0 Å². The minimum absolute atomic E-state index is 0.0153. The van der Waals surface area contributed by atoms with Crippen molar-refractivity contribution in [3.63, 3.8) is 0 Å². The van der Waals surface area contributed by atoms with Gasteiger partial charge in [-0.05, 0) is 32.0 Å². The fourth-order valence-corrected chi connectivity index (χ4v) is 2.42. The number of carbonyl (C=O) groups is 2. The van der Waals surface area contributed by atoms with E-state index in [9.17, 15) is 18.4 Å². The molecule has 0 saturated carbocycles. The van der Waals surface area contributed by atoms with Gasteiger partial charge in [0, 0.05) is 11.1 Å². The van der Waals surface area contributed by atoms with Gasteiger partial charge in [-0.15, -0.1) is 11.8 Å². The second-order valence-electron chi connectivity index (χ2n) is 5.45. The molecule has 1 amide bonds. The molecule has 2 N–H and O–H groups in total. The first-order chi connectivity index (χ1) is 11.2. The number of aliphatic carboxylic acids is 1. The van der Waals surface area contributed by atoms with E-state index in [1.807, 2.05) is 0 Å². The maximum atomic E-state index is 13.1. The largest absolute Gasteiger partial charge is 0.479 e. The van der Waals surface area contributed by atoms with Crippen LogP contribution in [0.2, 0.25) is 0 Å². The van der Waals surface area contributed by atoms with Crippen LogP contribution < -0.4 is 5.32 Å². The van der Waals surface area contributed by atoms with Gasteiger partial charge in [-0.2, -0.15) is 5.10 Å². The Hall–Kier alpha value is -2.42. The van der Waals surface area contributed by atoms with Crippen LogP contribution in [0, 0.1) is 11.6 Å². The molecule has 0 aliphatic rings. The summed E-state index contributed by atoms with van der Waals surface area (Å²) in [4.78, 5) is 23.5. The van der Waals surface area contributed by atoms with Crippen molar-refractivity contribution in [3.05, 3.63) is 42.2 Å². The molecule has 2 rings (SSSR count). The average Bonchev–Trinajstić information content (AvgIpc) is 2.97. The molecule has 6 nitrogen and oxygen atoms in total. The molecule has 1 heterocycles. The first-order valence-electron chi connectivity index (χ1n) is 6.86. The van der Waals surface area contributed by atoms with Crippen molar-refractivity contribution in [1.29, 1.82) is 0 Å². The Balaban J connectivity index is 1.94. The van der Waals surface area contributed by atoms with Gasteiger partial charge < -0.3 is 10.4 Å². The third-order valence-corrected chi connectivity index (χ3v) is 4.22. The summed E-state index contributed by atoms with van der Waals surface area (Å²) in [5, 5.41) is 15.6. The Kier molecular flexibility index (Phi) is 5.23. The predicted molar refractivity (Wildman–Crippen MR) is 84.9 cm³/mol. The fourth-order valence-electron chi connectivity index (χ4n) is 1.70. The van der Waals surface area contributed by atoms with Crippen LogP contribution in [0.4, 0.5) is 14.5 Å². The molecule has 0 fully saturated rings. The second kappa shape index (κ2) is 7.00. The van der Waals surface area contributed by atoms with E-state index in [1.54, 1.807) is 0 Å². The van der Waals surface area contributed by atoms with Crippen molar-refractivity contribution in [2.45, 2.75) is 24.3 Å². The Labute approximate surface area is 140 Å². The van der Waals surface area contributed by atoms with E-state index in [0.717, 1.165) is 23.9 Å². The fraction of sp³-hybridized carbons (Fsp3) is 0.267. The van der Waals surface area contributed by atoms with Gasteiger partial charge in [0.2, 0.25) is 5.91 Å². The zero-order chi connectivity index (χ0) is 17.9. The lowest BCUT2D eigenvalue weighted by molar-refractivity contribution is -0.146. The number of thioether (sulfide) groups is 1. The number of rotatable bonds is 6. The molecular weight excluding hydrogens is 340 g/mol. The number of carboxylic acid groups (broad SMARTS) is 1. The minimum Gasteiger partial charge on any atom is -0.479 e. The predicted octanol–water partition coefficient (Wildman–Crippen LogP) is 2.71. The van der Waals surface area contributed by atoms with Gasteiger partial charge in [0.15, 0.2) is 17.2 Å². The summed E-state index contributed by atoms with van der Waals surface area (Å²) in [6.07, 6.45) is 2.75. The monoisotopic (exact) mass is 355 g/mol. The molecule has 128 valence electrons. The highest BCUT2D eigenvalue weighted by Gasteiger charge is 2.30. The Morgan fingerprint density at radius 3 is 2.67 bits per heavy atom. The van der Waals surface area contributed by atoms with Crippen LogP contribution in [0.1, 0.15) is 13.8 Å². The molecular formula is C15H15F2N3O3S. The van der Waals surface area contributed by atoms with Crippen molar-refractivity contribution in [2.24, 2.45) is 0 Å². The third kappa shape index (κ3) is 4.10. The van der Waals surface area contributed by atoms with Crippen molar-refractivity contribution in [3.8, 4) is 0 Å². The number of carbonyl (C=O) groups excluding carboxylic acids is 1. The van der Waals surface area contributed by atoms with Crippen LogP contribution >= 0.6 is 11.8 Å². The highest BCUT2D eigenvalue weighted by molar-refractivity contribution is 8.00. The zero-order valence-corrected chi connectivity index (χ0v) is 13.7. The van der Waals surface area contributed by atoms with Crippen molar-refractivity contribution >= 4 is 29.3 Å². The zero-order valence-electron chi connectivity index (χ0n) is 12.9. The Bertz CT molecular complexity index is 777. The van der Waals surface area contributed by atoms with E-state index in [4.69, 9.17) is 5.11 Å². The summed E-state index contributed by atoms with van der Waals surface area (Å²) < 4.78 is 27.1. The quantitative estimate of drug-likeness (QED) is 0.779. The van der Waals surface area contributed by atoms with Gasteiger partial charge in [-0.1, -0.05) is 0 Å². The molecule has 0 aliphatic carbocycles. The van der Waals surface area contributed by atoms with Crippen LogP contribution in [0.5, 0.6) is 0 Å². The van der Waals surface area contributed by atoms with Crippen molar-refractivity contribution < 1.29 is 23.5 Å². The smallest absolute Gasteiger partial charge is 0.331 e. The minimum atomic E-state index is -1.25. The van der Waals surface area contributed by atoms with Gasteiger partial charge in [0.1, 0.15) is 0 Å². The molecule has 0 atom stereocenters. The molecule has 0 aliphatic heterocycles. The van der Waals surface area contributed by atoms with Crippen LogP contribution in [-0.2, 0) is 15.1 Å². The summed E-state index contributed by atoms with van der Waals surface area (Å²) in [5.74, 6) is -3.37. The average molecular weight is 355 g/mol. The SMILES string of the molecule is CC(C)(C(=O)O)n1cc(NC(=O)CSc2ccc(F)c(F)c2)cn1. The number of hydrogen-bond donors (Lipinski definition) is 2. The van der Waals surface area contributed by atoms with E-state index in [1.165, 1.54) is 37.0 Å². The number of nitrogens with zero attached hydrogens (tertiary/aromatic N) is 2. The lowest BCUT2D eigenvalue weighted by atomic mass is 10.1. The summed E-state index contributed by atoms with van der Waals surface area (Å²) >= 11 is 1.05. The number of aromatic nitrogens is 2. The molecule has 1 aromatic heterocycles. The topological polar surface area (TPSA) is 84.2 Å². The van der Waals surface area contributed by atoms with Gasteiger partial charge in [-0.3, -0.25) is 9.48 Å². The maximum Gasteiger partial charge on any atom is 0.331 e. The van der Waals surface area contributed by atoms with Crippen molar-refractivity contribution in [2.75, 3.05) is 11.1 Å². The van der Waals surface area contributed by atoms with Crippen LogP contribution in [0.15, 0.2) is 35.5 Å². The lowest BCUT2D eigenvalue weighted by Gasteiger charge is -2.19. The van der Waals surface area contributed by atoms with Gasteiger partial charge >= 0.3 is 5.97 Å². The Morgan fingerprint density at radius 2 is 2.04 bits per heavy atom. The van der Waals surface area contributed by atoms with E-state index < -0.39 is 23.1 Å². The maximum absolute atomic E-state index is 13.1. The van der Waals surface area contributed by atoms with Crippen LogP contribution in [0.3, 0.4) is 0 Å². The van der Waals surface area contributed by atoms with Gasteiger partial charge in [0.05, 0.1) is 17.6 Å². The number of anilines is 1. The number of hydrogen-bond acceptors (Lipinski definition) is 4. The standard InChI is InChI=1S/C15H15F2N3O3S/c1-15(2,14(22)23)20-7-9(6-18-20)19-13(21)8-24-10-3-4-11(16)12(17)5-10/h3-7H,8H2,1-2H3,(H,19,21)(H,22,23). The number of halogens is 2. The summed E-state index contributed by atoms with van der Waals surface area (Å²) in [5.41, 5.74) is -0.899. The van der Waals surface area contributed by atoms with Crippen LogP contribution in [-0.4, -0.2) is 32.5 Å². The van der Waals surface area contributed by atoms with E-state index in [2.05, 4.69) is 10.4 Å². The number of benzene rings is 1. The molecule has 0 unspecified atom stereocenters. The second-order valence-corrected chi connectivity index (χ2v) is 6.50. The summed E-state index contributed by atoms with van der Waals surface area (Å²) in [6, 6.07) is 3.39. The van der Waals surface area contributed by atoms with Crippen LogP contribution in [0.25, 0.3) is 0 Å². The lowest BCUT2D eigenvalue weighted by Crippen LogP contribution is -2.35. The van der Waals surface area contributed by atoms with E-state index in [0.29, 0.717) is 10.6 Å². The molecule has 1 aromatic carbocycles. The highest BCUT2D eigenvalue weighted by atomic mass is 32.2. The summed E-state index contributed by atoms with van der Waals surface area (Å²) in [7, 11) is 0. The van der Waals surface area contributed by atoms with Gasteiger partial charge in [-0.25, -0.2) is 13.6 Å². The highest BCUT2D eigenvalue weighted by Crippen LogP contribution is 2.21. The number of carboxylic acids is 1. The number of nitrogens with one attached hydrogen (secondary N) is 1. The van der Waals surface area contributed by atoms with Gasteiger partial charge in [0.25, 0.3) is 0 Å². The molecule has 2 aromatic rings. The molecule has 0 radical (unpaired) electrons. The van der Waals surface area contributed by atoms with Crippen molar-refractivity contribution in [1.82, 2.24) is 9.78 Å². The molecule has 0 saturated heterocycles. The molecule has 9 heteroatoms. The molecule has 24 heavy (non-hydrogen) atoms. The molecule has 0 spiro atoms.